The molecule has 4 aromatic rings. The molecule has 1 aromatic carbocycles. The first-order valence-electron chi connectivity index (χ1n) is 10.8. The Labute approximate surface area is 197 Å². The Morgan fingerprint density at radius 1 is 1.14 bits per heavy atom. The molecule has 0 amide bonds. The highest BCUT2D eigenvalue weighted by molar-refractivity contribution is 5.80. The van der Waals surface area contributed by atoms with Crippen molar-refractivity contribution in [3.8, 4) is 5.95 Å². The average molecular weight is 482 g/mol. The molecule has 180 valence electrons. The summed E-state index contributed by atoms with van der Waals surface area (Å²) in [6.07, 6.45) is 0.296. The first kappa shape index (κ1) is 21.6. The number of nitrogens with two attached hydrogens (primary N) is 2. The van der Waals surface area contributed by atoms with Gasteiger partial charge in [0.05, 0.1) is 30.6 Å². The van der Waals surface area contributed by atoms with Gasteiger partial charge in [0.25, 0.3) is 5.95 Å². The van der Waals surface area contributed by atoms with E-state index in [9.17, 15) is 8.78 Å². The van der Waals surface area contributed by atoms with Gasteiger partial charge in [-0.1, -0.05) is 18.2 Å². The molecule has 0 radical (unpaired) electrons. The molecule has 2 unspecified atom stereocenters. The Morgan fingerprint density at radius 2 is 1.91 bits per heavy atom. The lowest BCUT2D eigenvalue weighted by atomic mass is 10.1. The third-order valence-electron chi connectivity index (χ3n) is 5.69. The van der Waals surface area contributed by atoms with Crippen LogP contribution in [0, 0.1) is 11.6 Å². The third-order valence-corrected chi connectivity index (χ3v) is 5.69. The fourth-order valence-corrected chi connectivity index (χ4v) is 3.78. The van der Waals surface area contributed by atoms with E-state index < -0.39 is 18.3 Å². The summed E-state index contributed by atoms with van der Waals surface area (Å²) in [5, 5.41) is 7.51. The Kier molecular flexibility index (Phi) is 5.16. The maximum Gasteiger partial charge on any atom is 0.255 e. The average Bonchev–Trinajstić information content (AvgIpc) is 3.45. The standard InChI is InChI=1S/C22H20F2N8O3/c23-11-6-15-16(27-7-11)14(5-10-3-1-2-4-13(10)24)31-32(15)22-29-18(25)17(19(26)30-22)28-20-21(35-20)34-12-8-33-9-12/h1-4,6-7,12,20-21,28H,5,8-9H2,(H4,25,26,29,30). The molecule has 0 bridgehead atoms. The SMILES string of the molecule is Nc1nc(-n2nc(Cc3ccccc3F)c3ncc(F)cc32)nc(N)c1NC1OC1OC1COC1. The minimum atomic E-state index is -0.580. The topological polar surface area (TPSA) is 152 Å². The van der Waals surface area contributed by atoms with E-state index >= 15 is 0 Å². The highest BCUT2D eigenvalue weighted by Crippen LogP contribution is 2.33. The molecule has 3 aromatic heterocycles. The first-order chi connectivity index (χ1) is 17.0. The number of nitrogen functional groups attached to an aromatic ring is 2. The zero-order valence-corrected chi connectivity index (χ0v) is 18.2. The second kappa shape index (κ2) is 8.37. The maximum atomic E-state index is 14.2. The number of epoxide rings is 1. The summed E-state index contributed by atoms with van der Waals surface area (Å²) in [4.78, 5) is 12.8. The summed E-state index contributed by atoms with van der Waals surface area (Å²) in [6, 6.07) is 7.57. The molecule has 0 saturated carbocycles. The van der Waals surface area contributed by atoms with Crippen molar-refractivity contribution in [2.45, 2.75) is 25.0 Å². The summed E-state index contributed by atoms with van der Waals surface area (Å²) in [7, 11) is 0. The molecule has 2 fully saturated rings. The second-order valence-corrected chi connectivity index (χ2v) is 8.18. The van der Waals surface area contributed by atoms with Gasteiger partial charge in [0.15, 0.2) is 17.9 Å². The quantitative estimate of drug-likeness (QED) is 0.332. The van der Waals surface area contributed by atoms with Gasteiger partial charge in [-0.2, -0.15) is 19.7 Å². The number of rotatable bonds is 7. The number of ether oxygens (including phenoxy) is 3. The number of anilines is 3. The number of nitrogens with zero attached hydrogens (tertiary/aromatic N) is 5. The molecule has 13 heteroatoms. The van der Waals surface area contributed by atoms with Crippen LogP contribution in [-0.2, 0) is 20.6 Å². The van der Waals surface area contributed by atoms with E-state index in [1.165, 1.54) is 16.8 Å². The van der Waals surface area contributed by atoms with Gasteiger partial charge < -0.3 is 31.0 Å². The third kappa shape index (κ3) is 4.09. The van der Waals surface area contributed by atoms with Gasteiger partial charge in [0.1, 0.15) is 28.9 Å². The Morgan fingerprint density at radius 3 is 2.63 bits per heavy atom. The van der Waals surface area contributed by atoms with Gasteiger partial charge in [-0.25, -0.2) is 13.8 Å². The molecule has 6 rings (SSSR count). The van der Waals surface area contributed by atoms with Gasteiger partial charge in [0, 0.05) is 12.5 Å². The highest BCUT2D eigenvalue weighted by atomic mass is 19.1. The summed E-state index contributed by atoms with van der Waals surface area (Å²) >= 11 is 0. The molecule has 5 heterocycles. The van der Waals surface area contributed by atoms with E-state index in [0.29, 0.717) is 30.0 Å². The van der Waals surface area contributed by atoms with Crippen LogP contribution in [0.15, 0.2) is 36.5 Å². The number of benzene rings is 1. The lowest BCUT2D eigenvalue weighted by Gasteiger charge is -2.24. The van der Waals surface area contributed by atoms with Crippen LogP contribution < -0.4 is 16.8 Å². The lowest BCUT2D eigenvalue weighted by molar-refractivity contribution is -0.151. The maximum absolute atomic E-state index is 14.2. The van der Waals surface area contributed by atoms with Crippen LogP contribution in [0.2, 0.25) is 0 Å². The smallest absolute Gasteiger partial charge is 0.255 e. The molecule has 2 saturated heterocycles. The van der Waals surface area contributed by atoms with Crippen LogP contribution in [0.4, 0.5) is 26.1 Å². The number of pyridine rings is 1. The van der Waals surface area contributed by atoms with Crippen molar-refractivity contribution in [1.29, 1.82) is 0 Å². The minimum absolute atomic E-state index is 0.000720. The van der Waals surface area contributed by atoms with Crippen LogP contribution in [-0.4, -0.2) is 56.6 Å². The molecule has 2 aliphatic heterocycles. The molecular formula is C22H20F2N8O3. The molecule has 0 aliphatic carbocycles. The zero-order valence-electron chi connectivity index (χ0n) is 18.2. The van der Waals surface area contributed by atoms with Crippen molar-refractivity contribution in [2.24, 2.45) is 0 Å². The molecule has 5 N–H and O–H groups in total. The summed E-state index contributed by atoms with van der Waals surface area (Å²) in [5.74, 6) is -0.871. The number of nitrogens with one attached hydrogen (secondary N) is 1. The summed E-state index contributed by atoms with van der Waals surface area (Å²) in [6.45, 7) is 1.06. The molecule has 0 spiro atoms. The van der Waals surface area contributed by atoms with Crippen molar-refractivity contribution >= 4 is 28.4 Å². The number of halogens is 2. The van der Waals surface area contributed by atoms with Crippen molar-refractivity contribution in [3.05, 3.63) is 59.4 Å². The Balaban J connectivity index is 1.31. The van der Waals surface area contributed by atoms with Crippen molar-refractivity contribution < 1.29 is 23.0 Å². The molecule has 2 aliphatic rings. The normalized spacial score (nSPS) is 19.6. The largest absolute Gasteiger partial charge is 0.382 e. The van der Waals surface area contributed by atoms with Crippen LogP contribution >= 0.6 is 0 Å². The Bertz CT molecular complexity index is 1400. The Hall–Kier alpha value is -3.94. The monoisotopic (exact) mass is 482 g/mol. The van der Waals surface area contributed by atoms with E-state index in [0.717, 1.165) is 6.20 Å². The predicted octanol–water partition coefficient (Wildman–Crippen LogP) is 1.75. The number of hydrogen-bond acceptors (Lipinski definition) is 10. The number of hydrogen-bond donors (Lipinski definition) is 3. The van der Waals surface area contributed by atoms with E-state index in [4.69, 9.17) is 25.7 Å². The van der Waals surface area contributed by atoms with Crippen molar-refractivity contribution in [2.75, 3.05) is 30.0 Å². The van der Waals surface area contributed by atoms with E-state index in [1.54, 1.807) is 18.2 Å². The first-order valence-corrected chi connectivity index (χ1v) is 10.8. The number of fused-ring (bicyclic) bond motifs is 1. The van der Waals surface area contributed by atoms with E-state index in [1.807, 2.05) is 0 Å². The summed E-state index contributed by atoms with van der Waals surface area (Å²) < 4.78 is 45.8. The zero-order chi connectivity index (χ0) is 24.1. The van der Waals surface area contributed by atoms with Gasteiger partial charge in [-0.05, 0) is 11.6 Å². The van der Waals surface area contributed by atoms with E-state index in [-0.39, 0.29) is 47.1 Å². The molecule has 35 heavy (non-hydrogen) atoms. The number of aromatic nitrogens is 5. The minimum Gasteiger partial charge on any atom is -0.382 e. The van der Waals surface area contributed by atoms with Crippen LogP contribution in [0.3, 0.4) is 0 Å². The van der Waals surface area contributed by atoms with Crippen LogP contribution in [0.25, 0.3) is 17.0 Å². The fourth-order valence-electron chi connectivity index (χ4n) is 3.78. The van der Waals surface area contributed by atoms with Gasteiger partial charge >= 0.3 is 0 Å². The van der Waals surface area contributed by atoms with Crippen molar-refractivity contribution in [1.82, 2.24) is 24.7 Å². The molecule has 11 nitrogen and oxygen atoms in total. The van der Waals surface area contributed by atoms with Crippen LogP contribution in [0.5, 0.6) is 0 Å². The molecule has 2 atom stereocenters. The van der Waals surface area contributed by atoms with Crippen molar-refractivity contribution in [3.63, 3.8) is 0 Å². The van der Waals surface area contributed by atoms with Gasteiger partial charge in [-0.15, -0.1) is 0 Å². The van der Waals surface area contributed by atoms with E-state index in [2.05, 4.69) is 25.4 Å². The fraction of sp³-hybridized carbons (Fsp3) is 0.273. The van der Waals surface area contributed by atoms with Gasteiger partial charge in [0.2, 0.25) is 6.29 Å². The van der Waals surface area contributed by atoms with Crippen LogP contribution in [0.1, 0.15) is 11.3 Å². The van der Waals surface area contributed by atoms with Gasteiger partial charge in [-0.3, -0.25) is 0 Å². The summed E-state index contributed by atoms with van der Waals surface area (Å²) in [5.41, 5.74) is 14.1. The predicted molar refractivity (Wildman–Crippen MR) is 120 cm³/mol. The second-order valence-electron chi connectivity index (χ2n) is 8.18. The molecular weight excluding hydrogens is 462 g/mol. The lowest BCUT2D eigenvalue weighted by Crippen LogP contribution is -2.37. The highest BCUT2D eigenvalue weighted by Gasteiger charge is 2.44.